The fraction of sp³-hybridized carbons (Fsp3) is 0.800. The molecule has 0 saturated heterocycles. The van der Waals surface area contributed by atoms with Gasteiger partial charge < -0.3 is 28.2 Å². The number of nitrogens with zero attached hydrogens (tertiary/aromatic N) is 3. The SMILES string of the molecule is CC[N+](CC)(CC)CC.[Ag+].[C-]#N.[C-]#N. The van der Waals surface area contributed by atoms with Crippen LogP contribution in [0, 0.1) is 23.7 Å². The van der Waals surface area contributed by atoms with E-state index in [4.69, 9.17) is 23.7 Å². The second-order valence-corrected chi connectivity index (χ2v) is 2.61. The van der Waals surface area contributed by atoms with Gasteiger partial charge in [0.05, 0.1) is 26.2 Å². The van der Waals surface area contributed by atoms with Crippen molar-refractivity contribution in [1.82, 2.24) is 0 Å². The summed E-state index contributed by atoms with van der Waals surface area (Å²) < 4.78 is 1.28. The molecule has 0 fully saturated rings. The Balaban J connectivity index is -0.0000000883. The van der Waals surface area contributed by atoms with Gasteiger partial charge in [0.2, 0.25) is 0 Å². The van der Waals surface area contributed by atoms with Crippen molar-refractivity contribution >= 4 is 0 Å². The van der Waals surface area contributed by atoms with Crippen LogP contribution in [0.3, 0.4) is 0 Å². The molecule has 3 nitrogen and oxygen atoms in total. The molecule has 0 aliphatic carbocycles. The molecule has 0 radical (unpaired) electrons. The summed E-state index contributed by atoms with van der Waals surface area (Å²) in [5.41, 5.74) is 0. The van der Waals surface area contributed by atoms with Crippen molar-refractivity contribution in [3.63, 3.8) is 0 Å². The monoisotopic (exact) mass is 289 g/mol. The average molecular weight is 290 g/mol. The molecule has 86 valence electrons. The Morgan fingerprint density at radius 3 is 0.857 bits per heavy atom. The Kier molecular flexibility index (Phi) is 31.0. The summed E-state index contributed by atoms with van der Waals surface area (Å²) in [7, 11) is 0. The summed E-state index contributed by atoms with van der Waals surface area (Å²) in [4.78, 5) is 0. The van der Waals surface area contributed by atoms with Gasteiger partial charge in [0.15, 0.2) is 0 Å². The first-order valence-corrected chi connectivity index (χ1v) is 4.54. The van der Waals surface area contributed by atoms with Crippen molar-refractivity contribution in [3.8, 4) is 0 Å². The van der Waals surface area contributed by atoms with Crippen LogP contribution in [0.2, 0.25) is 0 Å². The van der Waals surface area contributed by atoms with Crippen molar-refractivity contribution in [2.24, 2.45) is 0 Å². The van der Waals surface area contributed by atoms with E-state index in [1.807, 2.05) is 0 Å². The summed E-state index contributed by atoms with van der Waals surface area (Å²) in [5.74, 6) is 0. The molecule has 0 N–H and O–H groups in total. The fourth-order valence-corrected chi connectivity index (χ4v) is 1.34. The molecule has 4 heteroatoms. The zero-order valence-electron chi connectivity index (χ0n) is 9.47. The standard InChI is InChI=1S/C8H20N.2CN.Ag/c1-5-9(6-2,7-3)8-4;2*1-2;/h5-8H2,1-4H3;;;/q+1;2*-1;+1. The predicted molar refractivity (Wildman–Crippen MR) is 52.4 cm³/mol. The van der Waals surface area contributed by atoms with E-state index in [9.17, 15) is 0 Å². The third-order valence-electron chi connectivity index (χ3n) is 2.68. The van der Waals surface area contributed by atoms with Crippen molar-refractivity contribution in [2.75, 3.05) is 26.2 Å². The van der Waals surface area contributed by atoms with E-state index in [1.54, 1.807) is 0 Å². The molecule has 0 aromatic carbocycles. The van der Waals surface area contributed by atoms with Gasteiger partial charge in [-0.05, 0) is 27.7 Å². The van der Waals surface area contributed by atoms with Crippen LogP contribution in [0.5, 0.6) is 0 Å². The number of hydrogen-bond acceptors (Lipinski definition) is 2. The van der Waals surface area contributed by atoms with Crippen LogP contribution in [0.4, 0.5) is 0 Å². The van der Waals surface area contributed by atoms with Crippen molar-refractivity contribution in [1.29, 1.82) is 10.5 Å². The Labute approximate surface area is 104 Å². The summed E-state index contributed by atoms with van der Waals surface area (Å²) in [6.45, 7) is 23.7. The maximum atomic E-state index is 6.25. The first-order chi connectivity index (χ1) is 6.24. The Morgan fingerprint density at radius 2 is 0.857 bits per heavy atom. The van der Waals surface area contributed by atoms with E-state index in [0.717, 1.165) is 0 Å². The Hall–Kier alpha value is -0.320. The third-order valence-corrected chi connectivity index (χ3v) is 2.68. The van der Waals surface area contributed by atoms with E-state index in [-0.39, 0.29) is 22.4 Å². The molecule has 0 amide bonds. The predicted octanol–water partition coefficient (Wildman–Crippen LogP) is 2.07. The van der Waals surface area contributed by atoms with Crippen LogP contribution in [-0.2, 0) is 22.4 Å². The van der Waals surface area contributed by atoms with Gasteiger partial charge in [-0.3, -0.25) is 0 Å². The largest absolute Gasteiger partial charge is 1.00 e. The van der Waals surface area contributed by atoms with E-state index >= 15 is 0 Å². The van der Waals surface area contributed by atoms with Crippen LogP contribution in [0.1, 0.15) is 27.7 Å². The van der Waals surface area contributed by atoms with Gasteiger partial charge in [-0.2, -0.15) is 0 Å². The molecule has 0 bridgehead atoms. The van der Waals surface area contributed by atoms with Gasteiger partial charge in [-0.1, -0.05) is 0 Å². The molecule has 0 unspecified atom stereocenters. The molecule has 0 heterocycles. The summed E-state index contributed by atoms with van der Waals surface area (Å²) in [5, 5.41) is 12.5. The molecule has 0 aliphatic heterocycles. The number of rotatable bonds is 4. The Bertz CT molecular complexity index is 104. The van der Waals surface area contributed by atoms with Gasteiger partial charge in [-0.15, -0.1) is 0 Å². The maximum Gasteiger partial charge on any atom is 1.00 e. The van der Waals surface area contributed by atoms with Crippen molar-refractivity contribution in [2.45, 2.75) is 27.7 Å². The molecule has 0 aliphatic rings. The van der Waals surface area contributed by atoms with Gasteiger partial charge >= 0.3 is 22.4 Å². The zero-order valence-corrected chi connectivity index (χ0v) is 11.0. The molecule has 0 atom stereocenters. The van der Waals surface area contributed by atoms with Gasteiger partial charge in [0, 0.05) is 0 Å². The molecule has 0 rings (SSSR count). The minimum Gasteiger partial charge on any atom is -0.512 e. The van der Waals surface area contributed by atoms with Crippen molar-refractivity contribution < 1.29 is 26.9 Å². The van der Waals surface area contributed by atoms with E-state index in [0.29, 0.717) is 0 Å². The maximum absolute atomic E-state index is 6.25. The van der Waals surface area contributed by atoms with E-state index < -0.39 is 0 Å². The third kappa shape index (κ3) is 9.77. The summed E-state index contributed by atoms with van der Waals surface area (Å²) >= 11 is 0. The minimum atomic E-state index is 0. The summed E-state index contributed by atoms with van der Waals surface area (Å²) in [6, 6.07) is 0. The second kappa shape index (κ2) is 18.5. The van der Waals surface area contributed by atoms with Crippen LogP contribution in [-0.4, -0.2) is 30.7 Å². The molecular formula is C10H20AgN3. The number of quaternary nitrogens is 1. The zero-order chi connectivity index (χ0) is 11.3. The molecule has 0 spiro atoms. The first kappa shape index (κ1) is 23.5. The van der Waals surface area contributed by atoms with Gasteiger partial charge in [0.1, 0.15) is 0 Å². The van der Waals surface area contributed by atoms with Gasteiger partial charge in [-0.25, -0.2) is 0 Å². The topological polar surface area (TPSA) is 47.6 Å². The van der Waals surface area contributed by atoms with Crippen LogP contribution < -0.4 is 0 Å². The normalized spacial score (nSPS) is 8.00. The smallest absolute Gasteiger partial charge is 0.512 e. The van der Waals surface area contributed by atoms with Crippen molar-refractivity contribution in [3.05, 3.63) is 13.1 Å². The number of hydrogen-bond donors (Lipinski definition) is 0. The minimum absolute atomic E-state index is 0. The van der Waals surface area contributed by atoms with Crippen LogP contribution in [0.25, 0.3) is 0 Å². The van der Waals surface area contributed by atoms with Gasteiger partial charge in [0.25, 0.3) is 0 Å². The molecule has 0 saturated carbocycles. The van der Waals surface area contributed by atoms with Crippen LogP contribution >= 0.6 is 0 Å². The average Bonchev–Trinajstić information content (AvgIpc) is 2.28. The first-order valence-electron chi connectivity index (χ1n) is 4.54. The molecule has 0 aromatic rings. The molecule has 14 heavy (non-hydrogen) atoms. The van der Waals surface area contributed by atoms with Crippen LogP contribution in [0.15, 0.2) is 0 Å². The second-order valence-electron chi connectivity index (χ2n) is 2.61. The molecular weight excluding hydrogens is 270 g/mol. The molecule has 0 aromatic heterocycles. The quantitative estimate of drug-likeness (QED) is 0.452. The Morgan fingerprint density at radius 1 is 0.714 bits per heavy atom. The van der Waals surface area contributed by atoms with E-state index in [2.05, 4.69) is 27.7 Å². The fourth-order valence-electron chi connectivity index (χ4n) is 1.34. The summed E-state index contributed by atoms with van der Waals surface area (Å²) in [6.07, 6.45) is 0. The van der Waals surface area contributed by atoms with E-state index in [1.165, 1.54) is 30.7 Å².